The summed E-state index contributed by atoms with van der Waals surface area (Å²) in [6.07, 6.45) is 1.44. The zero-order valence-corrected chi connectivity index (χ0v) is 14.1. The van der Waals surface area contributed by atoms with Crippen molar-refractivity contribution in [2.75, 3.05) is 13.1 Å². The van der Waals surface area contributed by atoms with Gasteiger partial charge in [0.1, 0.15) is 12.4 Å². The van der Waals surface area contributed by atoms with E-state index in [0.29, 0.717) is 12.1 Å². The van der Waals surface area contributed by atoms with Crippen LogP contribution in [0, 0.1) is 0 Å². The molecule has 126 valence electrons. The first-order valence-electron chi connectivity index (χ1n) is 7.55. The highest BCUT2D eigenvalue weighted by molar-refractivity contribution is 7.90. The van der Waals surface area contributed by atoms with E-state index >= 15 is 0 Å². The van der Waals surface area contributed by atoms with E-state index in [9.17, 15) is 13.2 Å². The fourth-order valence-electron chi connectivity index (χ4n) is 2.50. The number of hydrogen-bond donors (Lipinski definition) is 3. The molecule has 0 spiro atoms. The number of rotatable bonds is 6. The fourth-order valence-corrected chi connectivity index (χ4v) is 3.75. The molecule has 1 amide bonds. The van der Waals surface area contributed by atoms with Crippen molar-refractivity contribution in [1.29, 1.82) is 0 Å². The smallest absolute Gasteiger partial charge is 0.263 e. The number of carbonyl (C=O) groups is 1. The number of fused-ring (bicyclic) bond motifs is 1. The largest absolute Gasteiger partial charge is 0.348 e. The Bertz CT molecular complexity index is 716. The van der Waals surface area contributed by atoms with Gasteiger partial charge in [0.15, 0.2) is 0 Å². The van der Waals surface area contributed by atoms with Crippen molar-refractivity contribution in [2.45, 2.75) is 37.1 Å². The summed E-state index contributed by atoms with van der Waals surface area (Å²) in [7, 11) is -3.58. The second-order valence-electron chi connectivity index (χ2n) is 5.51. The molecule has 1 heterocycles. The van der Waals surface area contributed by atoms with Gasteiger partial charge in [-0.05, 0) is 25.0 Å². The van der Waals surface area contributed by atoms with E-state index in [0.717, 1.165) is 12.8 Å². The molecule has 1 aliphatic rings. The molecule has 0 atom stereocenters. The van der Waals surface area contributed by atoms with Crippen LogP contribution in [-0.4, -0.2) is 38.8 Å². The normalized spacial score (nSPS) is 17.6. The molecule has 0 fully saturated rings. The third-order valence-corrected chi connectivity index (χ3v) is 5.59. The molecule has 0 radical (unpaired) electrons. The monoisotopic (exact) mass is 338 g/mol. The van der Waals surface area contributed by atoms with Crippen LogP contribution in [0.3, 0.4) is 0 Å². The van der Waals surface area contributed by atoms with Gasteiger partial charge >= 0.3 is 0 Å². The van der Waals surface area contributed by atoms with Crippen molar-refractivity contribution in [3.8, 4) is 0 Å². The average Bonchev–Trinajstić information content (AvgIpc) is 2.82. The maximum Gasteiger partial charge on any atom is 0.263 e. The number of nitrogens with zero attached hydrogens (tertiary/aromatic N) is 1. The van der Waals surface area contributed by atoms with Crippen LogP contribution in [0.25, 0.3) is 0 Å². The van der Waals surface area contributed by atoms with Crippen molar-refractivity contribution in [1.82, 2.24) is 10.0 Å². The molecule has 1 aromatic carbocycles. The zero-order valence-electron chi connectivity index (χ0n) is 13.3. The van der Waals surface area contributed by atoms with Gasteiger partial charge in [-0.1, -0.05) is 26.0 Å². The molecule has 0 bridgehead atoms. The summed E-state index contributed by atoms with van der Waals surface area (Å²) in [5.41, 5.74) is 5.79. The van der Waals surface area contributed by atoms with Crippen LogP contribution in [0.15, 0.2) is 34.2 Å². The second kappa shape index (κ2) is 6.67. The number of amidine groups is 1. The van der Waals surface area contributed by atoms with Gasteiger partial charge in [0.2, 0.25) is 5.91 Å². The molecule has 2 rings (SSSR count). The highest BCUT2D eigenvalue weighted by Crippen LogP contribution is 2.22. The molecule has 1 aromatic rings. The third kappa shape index (κ3) is 3.53. The van der Waals surface area contributed by atoms with Gasteiger partial charge in [-0.25, -0.2) is 8.42 Å². The van der Waals surface area contributed by atoms with Crippen molar-refractivity contribution < 1.29 is 13.2 Å². The summed E-state index contributed by atoms with van der Waals surface area (Å²) < 4.78 is 26.3. The topological polar surface area (TPSA) is 114 Å². The third-order valence-electron chi connectivity index (χ3n) is 4.19. The van der Waals surface area contributed by atoms with Crippen molar-refractivity contribution >= 4 is 21.8 Å². The predicted molar refractivity (Wildman–Crippen MR) is 88.7 cm³/mol. The van der Waals surface area contributed by atoms with Gasteiger partial charge in [-0.15, -0.1) is 0 Å². The van der Waals surface area contributed by atoms with Crippen molar-refractivity contribution in [3.63, 3.8) is 0 Å². The maximum atomic E-state index is 12.1. The summed E-state index contributed by atoms with van der Waals surface area (Å²) in [4.78, 5) is 16.4. The summed E-state index contributed by atoms with van der Waals surface area (Å²) in [6, 6.07) is 6.54. The number of carbonyl (C=O) groups excluding carboxylic acids is 1. The molecule has 0 saturated heterocycles. The number of nitrogens with one attached hydrogen (secondary N) is 2. The molecular formula is C15H22N4O3S. The number of benzene rings is 1. The predicted octanol–water partition coefficient (Wildman–Crippen LogP) is 0.359. The van der Waals surface area contributed by atoms with Crippen LogP contribution >= 0.6 is 0 Å². The molecule has 0 saturated carbocycles. The molecule has 4 N–H and O–H groups in total. The Labute approximate surface area is 136 Å². The maximum absolute atomic E-state index is 12.1. The Kier molecular flexibility index (Phi) is 5.06. The number of aliphatic imine (C=N–C) groups is 1. The van der Waals surface area contributed by atoms with Crippen molar-refractivity contribution in [2.24, 2.45) is 10.7 Å². The Balaban J connectivity index is 2.14. The van der Waals surface area contributed by atoms with Crippen LogP contribution in [0.4, 0.5) is 0 Å². The standard InChI is InChI=1S/C15H22N4O3S/c1-3-15(4-2,10-16)18-13(20)9-17-14-11-7-5-6-8-12(11)23(21,22)19-14/h5-8H,3-4,9-10,16H2,1-2H3,(H,17,19)(H,18,20). The molecule has 0 unspecified atom stereocenters. The lowest BCUT2D eigenvalue weighted by atomic mass is 9.93. The lowest BCUT2D eigenvalue weighted by Crippen LogP contribution is -2.53. The van der Waals surface area contributed by atoms with E-state index in [2.05, 4.69) is 15.0 Å². The molecule has 8 heteroatoms. The lowest BCUT2D eigenvalue weighted by Gasteiger charge is -2.31. The van der Waals surface area contributed by atoms with Crippen LogP contribution in [0.2, 0.25) is 0 Å². The summed E-state index contributed by atoms with van der Waals surface area (Å²) in [5, 5.41) is 2.90. The van der Waals surface area contributed by atoms with Gasteiger partial charge < -0.3 is 11.1 Å². The molecule has 23 heavy (non-hydrogen) atoms. The van der Waals surface area contributed by atoms with Crippen LogP contribution in [0.1, 0.15) is 32.3 Å². The minimum absolute atomic E-state index is 0.159. The highest BCUT2D eigenvalue weighted by atomic mass is 32.2. The average molecular weight is 338 g/mol. The Morgan fingerprint density at radius 3 is 2.57 bits per heavy atom. The van der Waals surface area contributed by atoms with Crippen LogP contribution in [0.5, 0.6) is 0 Å². The zero-order chi connectivity index (χ0) is 17.1. The quantitative estimate of drug-likeness (QED) is 0.695. The Morgan fingerprint density at radius 1 is 1.30 bits per heavy atom. The molecule has 7 nitrogen and oxygen atoms in total. The Hall–Kier alpha value is -1.93. The fraction of sp³-hybridized carbons (Fsp3) is 0.467. The summed E-state index contributed by atoms with van der Waals surface area (Å²) in [5.74, 6) is -0.0858. The van der Waals surface area contributed by atoms with Gasteiger partial charge in [-0.2, -0.15) is 0 Å². The number of nitrogens with two attached hydrogens (primary N) is 1. The number of amides is 1. The first kappa shape index (κ1) is 17.4. The van der Waals surface area contributed by atoms with E-state index in [4.69, 9.17) is 5.73 Å². The number of sulfonamides is 1. The van der Waals surface area contributed by atoms with Gasteiger partial charge in [0.25, 0.3) is 10.0 Å². The molecule has 0 aliphatic carbocycles. The van der Waals surface area contributed by atoms with Crippen LogP contribution < -0.4 is 15.8 Å². The minimum Gasteiger partial charge on any atom is -0.348 e. The van der Waals surface area contributed by atoms with Crippen LogP contribution in [-0.2, 0) is 14.8 Å². The van der Waals surface area contributed by atoms with Gasteiger partial charge in [-0.3, -0.25) is 14.5 Å². The van der Waals surface area contributed by atoms with E-state index in [1.807, 2.05) is 13.8 Å². The first-order chi connectivity index (χ1) is 10.9. The minimum atomic E-state index is -3.58. The summed E-state index contributed by atoms with van der Waals surface area (Å²) in [6.45, 7) is 4.11. The number of hydrogen-bond acceptors (Lipinski definition) is 5. The summed E-state index contributed by atoms with van der Waals surface area (Å²) >= 11 is 0. The van der Waals surface area contributed by atoms with E-state index < -0.39 is 15.6 Å². The first-order valence-corrected chi connectivity index (χ1v) is 9.03. The SMILES string of the molecule is CCC(CC)(CN)NC(=O)CN=C1NS(=O)(=O)c2ccccc21. The van der Waals surface area contributed by atoms with Crippen molar-refractivity contribution in [3.05, 3.63) is 29.8 Å². The molecule has 1 aliphatic heterocycles. The van der Waals surface area contributed by atoms with E-state index in [1.54, 1.807) is 18.2 Å². The lowest BCUT2D eigenvalue weighted by molar-refractivity contribution is -0.121. The van der Waals surface area contributed by atoms with E-state index in [1.165, 1.54) is 6.07 Å². The molecule has 0 aromatic heterocycles. The Morgan fingerprint density at radius 2 is 1.96 bits per heavy atom. The second-order valence-corrected chi connectivity index (χ2v) is 7.16. The van der Waals surface area contributed by atoms with Gasteiger partial charge in [0, 0.05) is 12.1 Å². The molecular weight excluding hydrogens is 316 g/mol. The van der Waals surface area contributed by atoms with Gasteiger partial charge in [0.05, 0.1) is 10.4 Å². The van der Waals surface area contributed by atoms with E-state index in [-0.39, 0.29) is 23.2 Å². The highest BCUT2D eigenvalue weighted by Gasteiger charge is 2.31.